The zero-order chi connectivity index (χ0) is 22.3. The molecular weight excluding hydrogens is 454 g/mol. The van der Waals surface area contributed by atoms with Crippen LogP contribution in [0.3, 0.4) is 0 Å². The molecule has 0 aliphatic carbocycles. The summed E-state index contributed by atoms with van der Waals surface area (Å²) < 4.78 is 6.15. The Morgan fingerprint density at radius 3 is 2.56 bits per heavy atom. The number of benzene rings is 1. The minimum absolute atomic E-state index is 0. The number of likely N-dealkylation sites (N-methyl/N-ethyl adjacent to an activating group) is 1. The minimum Gasteiger partial charge on any atom is -0.488 e. The zero-order valence-corrected chi connectivity index (χ0v) is 22.3. The van der Waals surface area contributed by atoms with E-state index in [1.54, 1.807) is 22.7 Å². The summed E-state index contributed by atoms with van der Waals surface area (Å²) in [5, 5.41) is 6.53. The van der Waals surface area contributed by atoms with Crippen LogP contribution in [0.25, 0.3) is 11.1 Å². The van der Waals surface area contributed by atoms with E-state index in [1.165, 1.54) is 21.6 Å². The van der Waals surface area contributed by atoms with Crippen LogP contribution in [0.4, 0.5) is 0 Å². The lowest BCUT2D eigenvalue weighted by Gasteiger charge is -2.33. The van der Waals surface area contributed by atoms with Crippen LogP contribution in [0.2, 0.25) is 0 Å². The second kappa shape index (κ2) is 12.6. The molecule has 1 atom stereocenters. The Morgan fingerprint density at radius 2 is 1.91 bits per heavy atom. The topological polar surface area (TPSA) is 12.5 Å². The van der Waals surface area contributed by atoms with E-state index < -0.39 is 0 Å². The number of allylic oxidation sites excluding steroid dienone is 1. The van der Waals surface area contributed by atoms with Gasteiger partial charge in [-0.15, -0.1) is 23.7 Å². The third kappa shape index (κ3) is 8.08. The molecule has 0 radical (unpaired) electrons. The first kappa shape index (κ1) is 26.7. The maximum absolute atomic E-state index is 6.15. The fourth-order valence-electron chi connectivity index (χ4n) is 3.79. The summed E-state index contributed by atoms with van der Waals surface area (Å²) in [6.45, 7) is 13.9. The largest absolute Gasteiger partial charge is 0.488 e. The third-order valence-corrected chi connectivity index (χ3v) is 6.88. The molecule has 3 aromatic rings. The maximum Gasteiger partial charge on any atom is 0.122 e. The van der Waals surface area contributed by atoms with E-state index in [1.807, 2.05) is 0 Å². The lowest BCUT2D eigenvalue weighted by molar-refractivity contribution is 0.179. The average Bonchev–Trinajstić information content (AvgIpc) is 3.41. The molecule has 32 heavy (non-hydrogen) atoms. The van der Waals surface area contributed by atoms with E-state index in [4.69, 9.17) is 4.74 Å². The summed E-state index contributed by atoms with van der Waals surface area (Å²) >= 11 is 3.50. The first-order valence-corrected chi connectivity index (χ1v) is 12.9. The molecule has 0 spiro atoms. The number of halogens is 1. The monoisotopic (exact) mass is 489 g/mol. The summed E-state index contributed by atoms with van der Waals surface area (Å²) in [6, 6.07) is 13.4. The summed E-state index contributed by atoms with van der Waals surface area (Å²) in [6.07, 6.45) is 5.67. The Bertz CT molecular complexity index is 956. The van der Waals surface area contributed by atoms with Crippen molar-refractivity contribution in [1.29, 1.82) is 0 Å². The van der Waals surface area contributed by atoms with Gasteiger partial charge >= 0.3 is 0 Å². The fraction of sp³-hybridized carbons (Fsp3) is 0.407. The highest BCUT2D eigenvalue weighted by atomic mass is 35.5. The SMILES string of the molecule is C/C=C/C(CC(C)(C)C)N(CC)Cc1cccc(OCc2cc(-c3ccsc3)cs2)c1.Cl. The van der Waals surface area contributed by atoms with E-state index in [0.717, 1.165) is 25.3 Å². The van der Waals surface area contributed by atoms with Gasteiger partial charge in [0.15, 0.2) is 0 Å². The Morgan fingerprint density at radius 1 is 1.09 bits per heavy atom. The predicted molar refractivity (Wildman–Crippen MR) is 144 cm³/mol. The fourth-order valence-corrected chi connectivity index (χ4v) is 5.26. The number of nitrogens with zero attached hydrogens (tertiary/aromatic N) is 1. The molecule has 0 saturated heterocycles. The average molecular weight is 490 g/mol. The number of ether oxygens (including phenoxy) is 1. The van der Waals surface area contributed by atoms with Gasteiger partial charge in [-0.25, -0.2) is 0 Å². The highest BCUT2D eigenvalue weighted by Crippen LogP contribution is 2.29. The molecule has 0 aliphatic rings. The molecule has 0 amide bonds. The second-order valence-corrected chi connectivity index (χ2v) is 10.9. The molecule has 0 bridgehead atoms. The maximum atomic E-state index is 6.15. The van der Waals surface area contributed by atoms with Gasteiger partial charge in [-0.2, -0.15) is 11.3 Å². The van der Waals surface area contributed by atoms with Gasteiger partial charge < -0.3 is 4.74 Å². The molecule has 0 aliphatic heterocycles. The number of hydrogen-bond donors (Lipinski definition) is 0. The van der Waals surface area contributed by atoms with E-state index in [2.05, 4.69) is 104 Å². The van der Waals surface area contributed by atoms with Gasteiger partial charge in [-0.1, -0.05) is 52.0 Å². The van der Waals surface area contributed by atoms with Crippen LogP contribution >= 0.6 is 35.1 Å². The summed E-state index contributed by atoms with van der Waals surface area (Å²) in [4.78, 5) is 3.80. The first-order chi connectivity index (χ1) is 14.9. The van der Waals surface area contributed by atoms with Crippen molar-refractivity contribution in [3.8, 4) is 16.9 Å². The highest BCUT2D eigenvalue weighted by molar-refractivity contribution is 7.10. The van der Waals surface area contributed by atoms with Crippen molar-refractivity contribution in [3.63, 3.8) is 0 Å². The molecule has 0 fully saturated rings. The predicted octanol–water partition coefficient (Wildman–Crippen LogP) is 8.68. The van der Waals surface area contributed by atoms with Gasteiger partial charge in [0.1, 0.15) is 12.4 Å². The van der Waals surface area contributed by atoms with Crippen molar-refractivity contribution in [1.82, 2.24) is 4.90 Å². The summed E-state index contributed by atoms with van der Waals surface area (Å²) in [7, 11) is 0. The molecule has 2 aromatic heterocycles. The molecular formula is C27H36ClNOS2. The normalized spacial score (nSPS) is 12.8. The lowest BCUT2D eigenvalue weighted by Crippen LogP contribution is -2.36. The van der Waals surface area contributed by atoms with Gasteiger partial charge in [0, 0.05) is 17.5 Å². The smallest absolute Gasteiger partial charge is 0.122 e. The van der Waals surface area contributed by atoms with Gasteiger partial charge in [-0.05, 0) is 82.4 Å². The van der Waals surface area contributed by atoms with E-state index in [9.17, 15) is 0 Å². The van der Waals surface area contributed by atoms with E-state index in [0.29, 0.717) is 18.1 Å². The van der Waals surface area contributed by atoms with Crippen molar-refractivity contribution < 1.29 is 4.74 Å². The molecule has 3 rings (SSSR count). The van der Waals surface area contributed by atoms with Crippen molar-refractivity contribution in [2.24, 2.45) is 5.41 Å². The Balaban J connectivity index is 0.00000363. The van der Waals surface area contributed by atoms with Crippen molar-refractivity contribution >= 4 is 35.1 Å². The minimum atomic E-state index is 0. The van der Waals surface area contributed by atoms with Gasteiger partial charge in [0.05, 0.1) is 0 Å². The Hall–Kier alpha value is -1.59. The zero-order valence-electron chi connectivity index (χ0n) is 19.8. The van der Waals surface area contributed by atoms with Crippen LogP contribution in [0.15, 0.2) is 64.7 Å². The van der Waals surface area contributed by atoms with Crippen molar-refractivity contribution in [3.05, 3.63) is 75.1 Å². The van der Waals surface area contributed by atoms with E-state index in [-0.39, 0.29) is 12.4 Å². The highest BCUT2D eigenvalue weighted by Gasteiger charge is 2.21. The van der Waals surface area contributed by atoms with Gasteiger partial charge in [0.2, 0.25) is 0 Å². The molecule has 5 heteroatoms. The summed E-state index contributed by atoms with van der Waals surface area (Å²) in [5.41, 5.74) is 4.17. The van der Waals surface area contributed by atoms with Crippen molar-refractivity contribution in [2.45, 2.75) is 60.2 Å². The third-order valence-electron chi connectivity index (χ3n) is 5.28. The molecule has 2 heterocycles. The van der Waals surface area contributed by atoms with Gasteiger partial charge in [-0.3, -0.25) is 4.90 Å². The van der Waals surface area contributed by atoms with Gasteiger partial charge in [0.25, 0.3) is 0 Å². The quantitative estimate of drug-likeness (QED) is 0.264. The standard InChI is InChI=1S/C27H35NOS2.ClH/c1-6-9-24(16-27(3,4)5)28(7-2)17-21-10-8-11-25(14-21)29-18-26-15-23(20-31-26)22-12-13-30-19-22;/h6,8-15,19-20,24H,7,16-18H2,1-5H3;1H/b9-6+;. The van der Waals surface area contributed by atoms with E-state index >= 15 is 0 Å². The summed E-state index contributed by atoms with van der Waals surface area (Å²) in [5.74, 6) is 0.942. The molecule has 0 saturated carbocycles. The second-order valence-electron chi connectivity index (χ2n) is 9.17. The van der Waals surface area contributed by atoms with Crippen LogP contribution < -0.4 is 4.74 Å². The number of thiophene rings is 2. The van der Waals surface area contributed by atoms with Crippen LogP contribution in [-0.4, -0.2) is 17.5 Å². The first-order valence-electron chi connectivity index (χ1n) is 11.1. The molecule has 0 N–H and O–H groups in total. The Kier molecular flexibility index (Phi) is 10.5. The lowest BCUT2D eigenvalue weighted by atomic mass is 9.87. The molecule has 1 aromatic carbocycles. The number of hydrogen-bond acceptors (Lipinski definition) is 4. The molecule has 1 unspecified atom stereocenters. The Labute approximate surface area is 208 Å². The molecule has 2 nitrogen and oxygen atoms in total. The van der Waals surface area contributed by atoms with Crippen molar-refractivity contribution in [2.75, 3.05) is 6.54 Å². The molecule has 174 valence electrons. The van der Waals surface area contributed by atoms with Crippen LogP contribution in [-0.2, 0) is 13.2 Å². The van der Waals surface area contributed by atoms with Crippen LogP contribution in [0, 0.1) is 5.41 Å². The van der Waals surface area contributed by atoms with Crippen LogP contribution in [0.5, 0.6) is 5.75 Å². The van der Waals surface area contributed by atoms with Crippen LogP contribution in [0.1, 0.15) is 51.5 Å². The number of rotatable bonds is 10.